The molecular formula is C12H18N4OS. The summed E-state index contributed by atoms with van der Waals surface area (Å²) in [5, 5.41) is 4.20. The van der Waals surface area contributed by atoms with Gasteiger partial charge in [-0.1, -0.05) is 12.2 Å². The van der Waals surface area contributed by atoms with Crippen LogP contribution in [0.25, 0.3) is 0 Å². The van der Waals surface area contributed by atoms with Gasteiger partial charge >= 0.3 is 0 Å². The van der Waals surface area contributed by atoms with E-state index in [1.807, 2.05) is 18.9 Å². The van der Waals surface area contributed by atoms with Gasteiger partial charge in [0.25, 0.3) is 5.91 Å². The van der Waals surface area contributed by atoms with E-state index in [-0.39, 0.29) is 11.8 Å². The molecule has 5 nitrogen and oxygen atoms in total. The van der Waals surface area contributed by atoms with Crippen LogP contribution in [-0.4, -0.2) is 38.7 Å². The normalized spacial score (nSPS) is 19.9. The minimum Gasteiger partial charge on any atom is -0.393 e. The topological polar surface area (TPSA) is 64.2 Å². The smallest absolute Gasteiger partial charge is 0.257 e. The second-order valence-corrected chi connectivity index (χ2v) is 5.27. The molecule has 1 saturated heterocycles. The lowest BCUT2D eigenvalue weighted by Crippen LogP contribution is -2.43. The number of aromatic nitrogens is 2. The third kappa shape index (κ3) is 2.53. The van der Waals surface area contributed by atoms with Crippen LogP contribution in [0.15, 0.2) is 6.20 Å². The molecule has 98 valence electrons. The van der Waals surface area contributed by atoms with E-state index in [1.165, 1.54) is 0 Å². The molecule has 1 fully saturated rings. The Morgan fingerprint density at radius 1 is 1.61 bits per heavy atom. The zero-order valence-electron chi connectivity index (χ0n) is 10.7. The van der Waals surface area contributed by atoms with Gasteiger partial charge in [-0.25, -0.2) is 0 Å². The van der Waals surface area contributed by atoms with Crippen LogP contribution in [0, 0.1) is 12.8 Å². The van der Waals surface area contributed by atoms with Crippen molar-refractivity contribution in [3.63, 3.8) is 0 Å². The molecule has 2 N–H and O–H groups in total. The van der Waals surface area contributed by atoms with Gasteiger partial charge in [0.15, 0.2) is 0 Å². The third-order valence-electron chi connectivity index (χ3n) is 3.35. The van der Waals surface area contributed by atoms with Gasteiger partial charge in [-0.15, -0.1) is 0 Å². The molecule has 2 rings (SSSR count). The molecule has 1 amide bonds. The van der Waals surface area contributed by atoms with Gasteiger partial charge in [-0.3, -0.25) is 9.48 Å². The molecule has 1 aliphatic heterocycles. The number of thiocarbonyl (C=S) groups is 1. The van der Waals surface area contributed by atoms with E-state index in [9.17, 15) is 4.79 Å². The van der Waals surface area contributed by atoms with E-state index in [2.05, 4.69) is 5.10 Å². The van der Waals surface area contributed by atoms with Gasteiger partial charge in [-0.2, -0.15) is 5.10 Å². The van der Waals surface area contributed by atoms with Crippen LogP contribution in [0.1, 0.15) is 28.9 Å². The van der Waals surface area contributed by atoms with E-state index < -0.39 is 0 Å². The maximum absolute atomic E-state index is 12.4. The predicted octanol–water partition coefficient (Wildman–Crippen LogP) is 0.867. The third-order valence-corrected chi connectivity index (χ3v) is 3.69. The van der Waals surface area contributed by atoms with Gasteiger partial charge in [0, 0.05) is 32.3 Å². The number of carbonyl (C=O) groups is 1. The summed E-state index contributed by atoms with van der Waals surface area (Å²) in [6.45, 7) is 3.25. The molecule has 1 aliphatic rings. The van der Waals surface area contributed by atoms with Gasteiger partial charge in [0.05, 0.1) is 16.2 Å². The van der Waals surface area contributed by atoms with Crippen LogP contribution in [0.3, 0.4) is 0 Å². The summed E-state index contributed by atoms with van der Waals surface area (Å²) in [6, 6.07) is 0. The molecule has 0 aliphatic carbocycles. The van der Waals surface area contributed by atoms with Gasteiger partial charge in [0.2, 0.25) is 0 Å². The number of nitrogens with two attached hydrogens (primary N) is 1. The van der Waals surface area contributed by atoms with E-state index in [0.717, 1.165) is 25.1 Å². The number of likely N-dealkylation sites (tertiary alicyclic amines) is 1. The number of aryl methyl sites for hydroxylation is 2. The van der Waals surface area contributed by atoms with Crippen LogP contribution in [0.5, 0.6) is 0 Å². The van der Waals surface area contributed by atoms with Crippen LogP contribution < -0.4 is 5.73 Å². The number of amides is 1. The monoisotopic (exact) mass is 266 g/mol. The summed E-state index contributed by atoms with van der Waals surface area (Å²) in [7, 11) is 1.82. The lowest BCUT2D eigenvalue weighted by molar-refractivity contribution is 0.0703. The summed E-state index contributed by atoms with van der Waals surface area (Å²) in [5.41, 5.74) is 7.11. The molecule has 18 heavy (non-hydrogen) atoms. The lowest BCUT2D eigenvalue weighted by Gasteiger charge is -2.32. The van der Waals surface area contributed by atoms with Crippen LogP contribution in [-0.2, 0) is 7.05 Å². The van der Waals surface area contributed by atoms with Gasteiger partial charge < -0.3 is 10.6 Å². The second kappa shape index (κ2) is 5.06. The zero-order chi connectivity index (χ0) is 13.3. The SMILES string of the molecule is Cc1nn(C)cc1C(=O)N1CCCC(C(N)=S)C1. The van der Waals surface area contributed by atoms with Crippen molar-refractivity contribution in [1.29, 1.82) is 0 Å². The number of hydrogen-bond acceptors (Lipinski definition) is 3. The Labute approximate surface area is 112 Å². The van der Waals surface area contributed by atoms with E-state index >= 15 is 0 Å². The Kier molecular flexibility index (Phi) is 3.65. The fraction of sp³-hybridized carbons (Fsp3) is 0.583. The molecule has 2 heterocycles. The number of hydrogen-bond donors (Lipinski definition) is 1. The first-order valence-corrected chi connectivity index (χ1v) is 6.48. The van der Waals surface area contributed by atoms with Crippen molar-refractivity contribution in [3.05, 3.63) is 17.5 Å². The maximum atomic E-state index is 12.4. The van der Waals surface area contributed by atoms with Crippen molar-refractivity contribution in [2.75, 3.05) is 13.1 Å². The fourth-order valence-electron chi connectivity index (χ4n) is 2.37. The number of rotatable bonds is 2. The Morgan fingerprint density at radius 3 is 2.89 bits per heavy atom. The highest BCUT2D eigenvalue weighted by atomic mass is 32.1. The summed E-state index contributed by atoms with van der Waals surface area (Å²) < 4.78 is 1.66. The predicted molar refractivity (Wildman–Crippen MR) is 73.4 cm³/mol. The molecule has 1 atom stereocenters. The first-order valence-electron chi connectivity index (χ1n) is 6.08. The Balaban J connectivity index is 2.14. The molecule has 6 heteroatoms. The first kappa shape index (κ1) is 13.0. The summed E-state index contributed by atoms with van der Waals surface area (Å²) in [5.74, 6) is 0.177. The average molecular weight is 266 g/mol. The number of piperidine rings is 1. The number of nitrogens with zero attached hydrogens (tertiary/aromatic N) is 3. The van der Waals surface area contributed by atoms with Crippen LogP contribution in [0.4, 0.5) is 0 Å². The van der Waals surface area contributed by atoms with Crippen molar-refractivity contribution in [1.82, 2.24) is 14.7 Å². The molecule has 0 aromatic carbocycles. The molecule has 0 spiro atoms. The van der Waals surface area contributed by atoms with Gasteiger partial charge in [0.1, 0.15) is 0 Å². The minimum absolute atomic E-state index is 0.0292. The largest absolute Gasteiger partial charge is 0.393 e. The van der Waals surface area contributed by atoms with Crippen molar-refractivity contribution >= 4 is 23.1 Å². The molecule has 1 unspecified atom stereocenters. The quantitative estimate of drug-likeness (QED) is 0.807. The highest BCUT2D eigenvalue weighted by molar-refractivity contribution is 7.80. The summed E-state index contributed by atoms with van der Waals surface area (Å²) >= 11 is 5.02. The molecular weight excluding hydrogens is 248 g/mol. The fourth-order valence-corrected chi connectivity index (χ4v) is 2.57. The standard InChI is InChI=1S/C12H18N4OS/c1-8-10(7-15(2)14-8)12(17)16-5-3-4-9(6-16)11(13)18/h7,9H,3-6H2,1-2H3,(H2,13,18). The molecule has 0 saturated carbocycles. The molecule has 0 bridgehead atoms. The maximum Gasteiger partial charge on any atom is 0.257 e. The van der Waals surface area contributed by atoms with Crippen molar-refractivity contribution in [2.45, 2.75) is 19.8 Å². The summed E-state index contributed by atoms with van der Waals surface area (Å²) in [6.07, 6.45) is 3.69. The first-order chi connectivity index (χ1) is 8.49. The average Bonchev–Trinajstić information content (AvgIpc) is 2.67. The van der Waals surface area contributed by atoms with E-state index in [0.29, 0.717) is 17.1 Å². The van der Waals surface area contributed by atoms with Crippen molar-refractivity contribution < 1.29 is 4.79 Å². The van der Waals surface area contributed by atoms with Crippen molar-refractivity contribution in [3.8, 4) is 0 Å². The number of carbonyl (C=O) groups excluding carboxylic acids is 1. The van der Waals surface area contributed by atoms with E-state index in [1.54, 1.807) is 10.9 Å². The van der Waals surface area contributed by atoms with Crippen LogP contribution in [0.2, 0.25) is 0 Å². The van der Waals surface area contributed by atoms with E-state index in [4.69, 9.17) is 18.0 Å². The van der Waals surface area contributed by atoms with Crippen molar-refractivity contribution in [2.24, 2.45) is 18.7 Å². The summed E-state index contributed by atoms with van der Waals surface area (Å²) in [4.78, 5) is 14.7. The van der Waals surface area contributed by atoms with Crippen LogP contribution >= 0.6 is 12.2 Å². The molecule has 0 radical (unpaired) electrons. The van der Waals surface area contributed by atoms with Gasteiger partial charge in [-0.05, 0) is 19.8 Å². The highest BCUT2D eigenvalue weighted by Crippen LogP contribution is 2.19. The lowest BCUT2D eigenvalue weighted by atomic mass is 9.97. The Morgan fingerprint density at radius 2 is 2.33 bits per heavy atom. The molecule has 1 aromatic heterocycles. The Hall–Kier alpha value is -1.43. The zero-order valence-corrected chi connectivity index (χ0v) is 11.5. The molecule has 1 aromatic rings. The highest BCUT2D eigenvalue weighted by Gasteiger charge is 2.27. The minimum atomic E-state index is 0.0292. The second-order valence-electron chi connectivity index (χ2n) is 4.79. The Bertz CT molecular complexity index is 482.